The maximum Gasteiger partial charge on any atom is 0.295 e. The molecule has 1 rings (SSSR count). The van der Waals surface area contributed by atoms with Crippen LogP contribution in [-0.2, 0) is 0 Å². The summed E-state index contributed by atoms with van der Waals surface area (Å²) in [7, 11) is 0. The summed E-state index contributed by atoms with van der Waals surface area (Å²) in [6.45, 7) is 2.23. The maximum absolute atomic E-state index is 13.4. The molecule has 7 nitrogen and oxygen atoms in total. The van der Waals surface area contributed by atoms with E-state index in [-0.39, 0.29) is 36.2 Å². The Kier molecular flexibility index (Phi) is 8.36. The Morgan fingerprint density at radius 3 is 2.64 bits per heavy atom. The predicted molar refractivity (Wildman–Crippen MR) is 84.5 cm³/mol. The molecule has 0 aliphatic heterocycles. The van der Waals surface area contributed by atoms with Crippen LogP contribution in [0.15, 0.2) is 12.1 Å². The molecule has 0 saturated heterocycles. The van der Waals surface area contributed by atoms with E-state index in [2.05, 4.69) is 5.32 Å². The van der Waals surface area contributed by atoms with Crippen LogP contribution >= 0.6 is 12.4 Å². The lowest BCUT2D eigenvalue weighted by atomic mass is 10.1. The van der Waals surface area contributed by atoms with E-state index in [0.29, 0.717) is 12.5 Å². The van der Waals surface area contributed by atoms with Gasteiger partial charge in [0.1, 0.15) is 11.5 Å². The van der Waals surface area contributed by atoms with E-state index in [1.54, 1.807) is 0 Å². The Labute approximate surface area is 133 Å². The average Bonchev–Trinajstić information content (AvgIpc) is 2.44. The Bertz CT molecular complexity index is 542. The minimum absolute atomic E-state index is 0. The number of hydrogen-bond donors (Lipinski definition) is 3. The number of anilines is 1. The smallest absolute Gasteiger partial charge is 0.295 e. The van der Waals surface area contributed by atoms with Crippen molar-refractivity contribution in [2.24, 2.45) is 5.73 Å². The van der Waals surface area contributed by atoms with Crippen molar-refractivity contribution in [3.05, 3.63) is 33.6 Å². The number of benzene rings is 1. The molecule has 0 radical (unpaired) electrons. The van der Waals surface area contributed by atoms with Gasteiger partial charge in [0, 0.05) is 12.6 Å². The Hall–Kier alpha value is -1.93. The Morgan fingerprint density at radius 1 is 1.50 bits per heavy atom. The maximum atomic E-state index is 13.4. The molecule has 1 aromatic rings. The van der Waals surface area contributed by atoms with Gasteiger partial charge in [-0.2, -0.15) is 0 Å². The van der Waals surface area contributed by atoms with Gasteiger partial charge in [-0.3, -0.25) is 14.9 Å². The lowest BCUT2D eigenvalue weighted by molar-refractivity contribution is -0.384. The third-order valence-electron chi connectivity index (χ3n) is 3.09. The minimum Gasteiger partial charge on any atom is -0.393 e. The number of carbonyl (C=O) groups is 1. The normalized spacial score (nSPS) is 11.4. The van der Waals surface area contributed by atoms with Crippen molar-refractivity contribution in [2.75, 3.05) is 12.3 Å². The van der Waals surface area contributed by atoms with Crippen LogP contribution in [0.3, 0.4) is 0 Å². The summed E-state index contributed by atoms with van der Waals surface area (Å²) in [5.41, 5.74) is 9.89. The third kappa shape index (κ3) is 5.12. The number of rotatable bonds is 7. The molecule has 0 heterocycles. The predicted octanol–water partition coefficient (Wildman–Crippen LogP) is 1.99. The molecule has 124 valence electrons. The zero-order chi connectivity index (χ0) is 16.0. The molecule has 0 fully saturated rings. The van der Waals surface area contributed by atoms with E-state index in [9.17, 15) is 19.3 Å². The fraction of sp³-hybridized carbons (Fsp3) is 0.462. The lowest BCUT2D eigenvalue weighted by Crippen LogP contribution is -2.40. The van der Waals surface area contributed by atoms with E-state index in [4.69, 9.17) is 11.5 Å². The third-order valence-corrected chi connectivity index (χ3v) is 3.09. The van der Waals surface area contributed by atoms with Crippen molar-refractivity contribution in [1.29, 1.82) is 0 Å². The zero-order valence-electron chi connectivity index (χ0n) is 12.2. The number of nitrogens with two attached hydrogens (primary N) is 2. The lowest BCUT2D eigenvalue weighted by Gasteiger charge is -2.17. The second kappa shape index (κ2) is 9.16. The number of hydrogen-bond acceptors (Lipinski definition) is 5. The summed E-state index contributed by atoms with van der Waals surface area (Å²) >= 11 is 0. The highest BCUT2D eigenvalue weighted by molar-refractivity contribution is 6.01. The highest BCUT2D eigenvalue weighted by atomic mass is 35.5. The van der Waals surface area contributed by atoms with Crippen LogP contribution in [0.4, 0.5) is 15.8 Å². The standard InChI is InChI=1S/C13H19FN4O3.ClH/c1-2-3-4-9(7-15)17-13(19)10-5-8(14)6-11(12(10)16)18(20)21;/h5-6,9H,2-4,7,15-16H2,1H3,(H,17,19);1H. The molecule has 1 atom stereocenters. The number of nitrogens with zero attached hydrogens (tertiary/aromatic N) is 1. The molecular formula is C13H20ClFN4O3. The van der Waals surface area contributed by atoms with Crippen LogP contribution in [0.2, 0.25) is 0 Å². The second-order valence-electron chi connectivity index (χ2n) is 4.69. The fourth-order valence-electron chi connectivity index (χ4n) is 1.91. The first kappa shape index (κ1) is 20.1. The van der Waals surface area contributed by atoms with Crippen LogP contribution in [0, 0.1) is 15.9 Å². The van der Waals surface area contributed by atoms with E-state index in [1.165, 1.54) is 0 Å². The fourth-order valence-corrected chi connectivity index (χ4v) is 1.91. The van der Waals surface area contributed by atoms with Crippen molar-refractivity contribution < 1.29 is 14.1 Å². The van der Waals surface area contributed by atoms with E-state index >= 15 is 0 Å². The molecule has 1 amide bonds. The van der Waals surface area contributed by atoms with Gasteiger partial charge in [0.25, 0.3) is 11.6 Å². The number of nitro benzene ring substituents is 1. The molecule has 1 unspecified atom stereocenters. The Balaban J connectivity index is 0.00000441. The van der Waals surface area contributed by atoms with Gasteiger partial charge in [0.2, 0.25) is 0 Å². The number of halogens is 2. The van der Waals surface area contributed by atoms with Gasteiger partial charge < -0.3 is 16.8 Å². The molecule has 0 saturated carbocycles. The summed E-state index contributed by atoms with van der Waals surface area (Å²) in [6, 6.07) is 1.29. The molecule has 0 aromatic heterocycles. The van der Waals surface area contributed by atoms with E-state index in [0.717, 1.165) is 18.9 Å². The molecule has 22 heavy (non-hydrogen) atoms. The van der Waals surface area contributed by atoms with Gasteiger partial charge in [-0.05, 0) is 12.5 Å². The quantitative estimate of drug-likeness (QED) is 0.399. The first-order chi connectivity index (χ1) is 9.90. The van der Waals surface area contributed by atoms with Gasteiger partial charge in [-0.25, -0.2) is 4.39 Å². The summed E-state index contributed by atoms with van der Waals surface area (Å²) in [6.07, 6.45) is 2.50. The monoisotopic (exact) mass is 334 g/mol. The van der Waals surface area contributed by atoms with E-state index < -0.39 is 22.3 Å². The number of unbranched alkanes of at least 4 members (excludes halogenated alkanes) is 1. The van der Waals surface area contributed by atoms with Crippen LogP contribution in [0.1, 0.15) is 36.5 Å². The number of nitro groups is 1. The number of carbonyl (C=O) groups excluding carboxylic acids is 1. The largest absolute Gasteiger partial charge is 0.393 e. The molecule has 0 spiro atoms. The van der Waals surface area contributed by atoms with Crippen molar-refractivity contribution >= 4 is 29.7 Å². The molecule has 9 heteroatoms. The van der Waals surface area contributed by atoms with Gasteiger partial charge in [-0.1, -0.05) is 19.8 Å². The highest BCUT2D eigenvalue weighted by Gasteiger charge is 2.22. The SMILES string of the molecule is CCCCC(CN)NC(=O)c1cc(F)cc([N+](=O)[O-])c1N.Cl. The first-order valence-electron chi connectivity index (χ1n) is 6.65. The number of nitrogens with one attached hydrogen (secondary N) is 1. The van der Waals surface area contributed by atoms with E-state index in [1.807, 2.05) is 6.92 Å². The Morgan fingerprint density at radius 2 is 2.14 bits per heavy atom. The molecule has 0 aliphatic carbocycles. The van der Waals surface area contributed by atoms with Gasteiger partial charge >= 0.3 is 0 Å². The second-order valence-corrected chi connectivity index (χ2v) is 4.69. The number of amides is 1. The van der Waals surface area contributed by atoms with Gasteiger partial charge in [-0.15, -0.1) is 12.4 Å². The summed E-state index contributed by atoms with van der Waals surface area (Å²) in [5, 5.41) is 13.4. The van der Waals surface area contributed by atoms with Crippen molar-refractivity contribution in [3.8, 4) is 0 Å². The zero-order valence-corrected chi connectivity index (χ0v) is 13.0. The van der Waals surface area contributed by atoms with Crippen LogP contribution in [0.5, 0.6) is 0 Å². The van der Waals surface area contributed by atoms with Crippen molar-refractivity contribution in [3.63, 3.8) is 0 Å². The van der Waals surface area contributed by atoms with Gasteiger partial charge in [0.05, 0.1) is 16.6 Å². The first-order valence-corrected chi connectivity index (χ1v) is 6.65. The minimum atomic E-state index is -0.890. The van der Waals surface area contributed by atoms with Gasteiger partial charge in [0.15, 0.2) is 0 Å². The van der Waals surface area contributed by atoms with Crippen LogP contribution in [0.25, 0.3) is 0 Å². The highest BCUT2D eigenvalue weighted by Crippen LogP contribution is 2.26. The summed E-state index contributed by atoms with van der Waals surface area (Å²) < 4.78 is 13.4. The molecule has 0 aliphatic rings. The van der Waals surface area contributed by atoms with Crippen molar-refractivity contribution in [1.82, 2.24) is 5.32 Å². The molecular weight excluding hydrogens is 315 g/mol. The summed E-state index contributed by atoms with van der Waals surface area (Å²) in [5.74, 6) is -1.56. The summed E-state index contributed by atoms with van der Waals surface area (Å²) in [4.78, 5) is 22.0. The topological polar surface area (TPSA) is 124 Å². The van der Waals surface area contributed by atoms with Crippen molar-refractivity contribution in [2.45, 2.75) is 32.2 Å². The number of nitrogen functional groups attached to an aromatic ring is 1. The van der Waals surface area contributed by atoms with Crippen LogP contribution < -0.4 is 16.8 Å². The molecule has 1 aromatic carbocycles. The van der Waals surface area contributed by atoms with Crippen LogP contribution in [-0.4, -0.2) is 23.4 Å². The average molecular weight is 335 g/mol. The molecule has 0 bridgehead atoms. The molecule has 5 N–H and O–H groups in total.